The first-order valence-electron chi connectivity index (χ1n) is 11.5. The smallest absolute Gasteiger partial charge is 0.225 e. The van der Waals surface area contributed by atoms with Crippen molar-refractivity contribution >= 4 is 23.2 Å². The highest BCUT2D eigenvalue weighted by atomic mass is 32.1. The maximum atomic E-state index is 13.7. The Labute approximate surface area is 192 Å². The Hall–Kier alpha value is -2.54. The second-order valence-corrected chi connectivity index (χ2v) is 10.2. The van der Waals surface area contributed by atoms with Crippen LogP contribution in [0.1, 0.15) is 74.0 Å². The number of ether oxygens (including phenoxy) is 2. The minimum Gasteiger partial charge on any atom is -0.486 e. The fourth-order valence-electron chi connectivity index (χ4n) is 5.66. The summed E-state index contributed by atoms with van der Waals surface area (Å²) in [5.41, 5.74) is 2.47. The summed E-state index contributed by atoms with van der Waals surface area (Å²) in [7, 11) is 0. The highest BCUT2D eigenvalue weighted by Crippen LogP contribution is 2.52. The van der Waals surface area contributed by atoms with Gasteiger partial charge in [-0.05, 0) is 54.5 Å². The van der Waals surface area contributed by atoms with E-state index in [4.69, 9.17) is 9.47 Å². The Morgan fingerprint density at radius 3 is 2.59 bits per heavy atom. The van der Waals surface area contributed by atoms with Crippen LogP contribution in [0.2, 0.25) is 0 Å². The molecule has 170 valence electrons. The lowest BCUT2D eigenvalue weighted by molar-refractivity contribution is -0.136. The second kappa shape index (κ2) is 8.43. The molecule has 5 rings (SSSR count). The standard InChI is InChI=1S/C25H30N2O4S/c1-16-18-12-21-22(31-10-9-30-21)13-19(18)25(7-3-4-8-25)15-27(16)24(29)14-20(26-17(2)28)23-6-5-11-32-23/h5-6,11-13,16,20H,3-4,7-10,14-15H2,1-2H3,(H,26,28). The van der Waals surface area contributed by atoms with E-state index in [1.165, 1.54) is 30.9 Å². The largest absolute Gasteiger partial charge is 0.486 e. The molecule has 1 aromatic carbocycles. The number of amides is 2. The van der Waals surface area contributed by atoms with Gasteiger partial charge < -0.3 is 19.7 Å². The number of carbonyl (C=O) groups is 2. The number of benzene rings is 1. The minimum absolute atomic E-state index is 0.0280. The van der Waals surface area contributed by atoms with Gasteiger partial charge in [-0.2, -0.15) is 0 Å². The van der Waals surface area contributed by atoms with Crippen molar-refractivity contribution in [2.75, 3.05) is 19.8 Å². The van der Waals surface area contributed by atoms with Crippen LogP contribution in [-0.4, -0.2) is 36.5 Å². The molecular formula is C25H30N2O4S. The third kappa shape index (κ3) is 3.76. The van der Waals surface area contributed by atoms with Crippen LogP contribution >= 0.6 is 11.3 Å². The number of thiophene rings is 1. The summed E-state index contributed by atoms with van der Waals surface area (Å²) < 4.78 is 11.8. The fraction of sp³-hybridized carbons (Fsp3) is 0.520. The van der Waals surface area contributed by atoms with Gasteiger partial charge in [0.1, 0.15) is 13.2 Å². The number of rotatable bonds is 4. The lowest BCUT2D eigenvalue weighted by Crippen LogP contribution is -2.49. The van der Waals surface area contributed by atoms with Crippen molar-refractivity contribution in [1.82, 2.24) is 10.2 Å². The van der Waals surface area contributed by atoms with Gasteiger partial charge in [-0.15, -0.1) is 11.3 Å². The zero-order chi connectivity index (χ0) is 22.3. The summed E-state index contributed by atoms with van der Waals surface area (Å²) in [6.45, 7) is 5.45. The van der Waals surface area contributed by atoms with Crippen LogP contribution in [0.4, 0.5) is 0 Å². The van der Waals surface area contributed by atoms with Crippen molar-refractivity contribution in [2.45, 2.75) is 63.5 Å². The van der Waals surface area contributed by atoms with E-state index >= 15 is 0 Å². The predicted octanol–water partition coefficient (Wildman–Crippen LogP) is 4.50. The molecule has 1 saturated carbocycles. The Morgan fingerprint density at radius 1 is 1.22 bits per heavy atom. The van der Waals surface area contributed by atoms with Crippen LogP contribution in [0.5, 0.6) is 11.5 Å². The Balaban J connectivity index is 1.47. The summed E-state index contributed by atoms with van der Waals surface area (Å²) in [6.07, 6.45) is 4.77. The van der Waals surface area contributed by atoms with Gasteiger partial charge in [-0.25, -0.2) is 0 Å². The fourth-order valence-corrected chi connectivity index (χ4v) is 6.44. The topological polar surface area (TPSA) is 67.9 Å². The first-order chi connectivity index (χ1) is 15.5. The van der Waals surface area contributed by atoms with Gasteiger partial charge in [0.05, 0.1) is 18.5 Å². The SMILES string of the molecule is CC(=O)NC(CC(=O)N1CC2(CCCC2)c2cc3c(cc2C1C)OCCO3)c1cccs1. The van der Waals surface area contributed by atoms with Crippen LogP contribution in [0, 0.1) is 0 Å². The van der Waals surface area contributed by atoms with Gasteiger partial charge in [0.25, 0.3) is 0 Å². The van der Waals surface area contributed by atoms with Crippen molar-refractivity contribution in [3.63, 3.8) is 0 Å². The van der Waals surface area contributed by atoms with Crippen LogP contribution in [0.25, 0.3) is 0 Å². The van der Waals surface area contributed by atoms with Gasteiger partial charge in [-0.1, -0.05) is 18.9 Å². The van der Waals surface area contributed by atoms with E-state index in [-0.39, 0.29) is 35.7 Å². The molecule has 3 aliphatic rings. The molecule has 2 amide bonds. The third-order valence-electron chi connectivity index (χ3n) is 7.20. The van der Waals surface area contributed by atoms with Crippen molar-refractivity contribution in [3.8, 4) is 11.5 Å². The lowest BCUT2D eigenvalue weighted by Gasteiger charge is -2.46. The van der Waals surface area contributed by atoms with Crippen LogP contribution in [0.15, 0.2) is 29.6 Å². The molecule has 6 nitrogen and oxygen atoms in total. The van der Waals surface area contributed by atoms with Crippen LogP contribution in [0.3, 0.4) is 0 Å². The number of hydrogen-bond acceptors (Lipinski definition) is 5. The lowest BCUT2D eigenvalue weighted by atomic mass is 9.71. The van der Waals surface area contributed by atoms with Gasteiger partial charge in [0.2, 0.25) is 11.8 Å². The molecule has 0 bridgehead atoms. The molecule has 0 saturated heterocycles. The van der Waals surface area contributed by atoms with Gasteiger partial charge in [0.15, 0.2) is 11.5 Å². The molecule has 2 aliphatic heterocycles. The van der Waals surface area contributed by atoms with Crippen LogP contribution in [-0.2, 0) is 15.0 Å². The average Bonchev–Trinajstić information content (AvgIpc) is 3.47. The molecular weight excluding hydrogens is 424 g/mol. The molecule has 7 heteroatoms. The van der Waals surface area contributed by atoms with E-state index in [9.17, 15) is 9.59 Å². The van der Waals surface area contributed by atoms with Crippen LogP contribution < -0.4 is 14.8 Å². The van der Waals surface area contributed by atoms with Gasteiger partial charge >= 0.3 is 0 Å². The van der Waals surface area contributed by atoms with Crippen molar-refractivity contribution in [3.05, 3.63) is 45.6 Å². The zero-order valence-electron chi connectivity index (χ0n) is 18.7. The Bertz CT molecular complexity index is 1010. The predicted molar refractivity (Wildman–Crippen MR) is 123 cm³/mol. The molecule has 1 fully saturated rings. The number of fused-ring (bicyclic) bond motifs is 3. The number of carbonyl (C=O) groups excluding carboxylic acids is 2. The van der Waals surface area contributed by atoms with Crippen molar-refractivity contribution < 1.29 is 19.1 Å². The maximum Gasteiger partial charge on any atom is 0.225 e. The molecule has 2 aromatic rings. The monoisotopic (exact) mass is 454 g/mol. The molecule has 32 heavy (non-hydrogen) atoms. The van der Waals surface area contributed by atoms with E-state index in [0.29, 0.717) is 13.2 Å². The quantitative estimate of drug-likeness (QED) is 0.739. The van der Waals surface area contributed by atoms with E-state index < -0.39 is 0 Å². The van der Waals surface area contributed by atoms with Crippen molar-refractivity contribution in [1.29, 1.82) is 0 Å². The highest BCUT2D eigenvalue weighted by Gasteiger charge is 2.46. The maximum absolute atomic E-state index is 13.7. The number of nitrogens with one attached hydrogen (secondary N) is 1. The summed E-state index contributed by atoms with van der Waals surface area (Å²) in [5, 5.41) is 4.95. The molecule has 1 spiro atoms. The average molecular weight is 455 g/mol. The zero-order valence-corrected chi connectivity index (χ0v) is 19.5. The molecule has 2 atom stereocenters. The number of hydrogen-bond donors (Lipinski definition) is 1. The minimum atomic E-state index is -0.298. The second-order valence-electron chi connectivity index (χ2n) is 9.24. The summed E-state index contributed by atoms with van der Waals surface area (Å²) in [6, 6.07) is 7.86. The molecule has 3 heterocycles. The van der Waals surface area contributed by atoms with Gasteiger partial charge in [0, 0.05) is 23.8 Å². The third-order valence-corrected chi connectivity index (χ3v) is 8.19. The molecule has 0 radical (unpaired) electrons. The summed E-state index contributed by atoms with van der Waals surface area (Å²) >= 11 is 1.57. The molecule has 2 unspecified atom stereocenters. The van der Waals surface area contributed by atoms with E-state index in [1.807, 2.05) is 22.4 Å². The summed E-state index contributed by atoms with van der Waals surface area (Å²) in [4.78, 5) is 28.5. The highest BCUT2D eigenvalue weighted by molar-refractivity contribution is 7.10. The van der Waals surface area contributed by atoms with E-state index in [0.717, 1.165) is 35.8 Å². The first-order valence-corrected chi connectivity index (χ1v) is 12.4. The Morgan fingerprint density at radius 2 is 1.94 bits per heavy atom. The first kappa shape index (κ1) is 21.3. The molecule has 1 aromatic heterocycles. The van der Waals surface area contributed by atoms with E-state index in [1.54, 1.807) is 11.3 Å². The van der Waals surface area contributed by atoms with E-state index in [2.05, 4.69) is 24.4 Å². The number of nitrogens with zero attached hydrogens (tertiary/aromatic N) is 1. The van der Waals surface area contributed by atoms with Crippen molar-refractivity contribution in [2.24, 2.45) is 0 Å². The molecule has 1 aliphatic carbocycles. The molecule has 1 N–H and O–H groups in total. The summed E-state index contributed by atoms with van der Waals surface area (Å²) in [5.74, 6) is 1.57. The van der Waals surface area contributed by atoms with Gasteiger partial charge in [-0.3, -0.25) is 9.59 Å². The Kier molecular flexibility index (Phi) is 5.61. The normalized spacial score (nSPS) is 21.8.